The molecule has 1 aliphatic rings. The topological polar surface area (TPSA) is 24.9 Å². The molecule has 0 bridgehead atoms. The number of hydrogen-bond donors (Lipinski definition) is 1. The molecule has 1 aromatic heterocycles. The highest BCUT2D eigenvalue weighted by molar-refractivity contribution is 9.10. The Bertz CT molecular complexity index is 370. The standard InChI is InChI=1S/C12H16BrClN2/c1-8-3-2-4-10(5-8)16-12-11(13)6-9(14)7-15-12/h6-8,10H,2-5H2,1H3,(H,15,16). The van der Waals surface area contributed by atoms with Crippen molar-refractivity contribution in [3.05, 3.63) is 21.8 Å². The van der Waals surface area contributed by atoms with Crippen molar-refractivity contribution < 1.29 is 0 Å². The van der Waals surface area contributed by atoms with Crippen molar-refractivity contribution in [2.45, 2.75) is 38.6 Å². The van der Waals surface area contributed by atoms with Gasteiger partial charge in [-0.05, 0) is 40.8 Å². The van der Waals surface area contributed by atoms with E-state index in [4.69, 9.17) is 11.6 Å². The van der Waals surface area contributed by atoms with Crippen molar-refractivity contribution in [3.63, 3.8) is 0 Å². The van der Waals surface area contributed by atoms with Gasteiger partial charge in [-0.3, -0.25) is 0 Å². The molecule has 2 nitrogen and oxygen atoms in total. The van der Waals surface area contributed by atoms with E-state index >= 15 is 0 Å². The molecular weight excluding hydrogens is 288 g/mol. The van der Waals surface area contributed by atoms with Crippen molar-refractivity contribution in [1.82, 2.24) is 4.98 Å². The Kier molecular flexibility index (Phi) is 4.09. The molecule has 16 heavy (non-hydrogen) atoms. The Balaban J connectivity index is 2.02. The van der Waals surface area contributed by atoms with Gasteiger partial charge in [-0.25, -0.2) is 4.98 Å². The van der Waals surface area contributed by atoms with Crippen LogP contribution in [0.15, 0.2) is 16.7 Å². The van der Waals surface area contributed by atoms with Crippen molar-refractivity contribution >= 4 is 33.3 Å². The first kappa shape index (κ1) is 12.2. The van der Waals surface area contributed by atoms with Crippen molar-refractivity contribution in [1.29, 1.82) is 0 Å². The molecule has 2 rings (SSSR count). The highest BCUT2D eigenvalue weighted by Crippen LogP contribution is 2.29. The molecule has 0 spiro atoms. The lowest BCUT2D eigenvalue weighted by Crippen LogP contribution is -2.26. The van der Waals surface area contributed by atoms with Crippen LogP contribution in [0.25, 0.3) is 0 Å². The highest BCUT2D eigenvalue weighted by atomic mass is 79.9. The molecule has 1 aliphatic carbocycles. The van der Waals surface area contributed by atoms with Gasteiger partial charge in [0.15, 0.2) is 0 Å². The molecule has 0 aromatic carbocycles. The lowest BCUT2D eigenvalue weighted by Gasteiger charge is -2.28. The summed E-state index contributed by atoms with van der Waals surface area (Å²) in [5.41, 5.74) is 0. The van der Waals surface area contributed by atoms with Gasteiger partial charge in [0.05, 0.1) is 9.50 Å². The SMILES string of the molecule is CC1CCCC(Nc2ncc(Cl)cc2Br)C1. The van der Waals surface area contributed by atoms with Crippen LogP contribution in [0.1, 0.15) is 32.6 Å². The Hall–Kier alpha value is -0.280. The van der Waals surface area contributed by atoms with E-state index < -0.39 is 0 Å². The Morgan fingerprint density at radius 1 is 1.50 bits per heavy atom. The molecule has 1 N–H and O–H groups in total. The average Bonchev–Trinajstić information content (AvgIpc) is 2.22. The summed E-state index contributed by atoms with van der Waals surface area (Å²) >= 11 is 9.34. The first-order valence-electron chi connectivity index (χ1n) is 5.72. The van der Waals surface area contributed by atoms with Crippen LogP contribution >= 0.6 is 27.5 Å². The van der Waals surface area contributed by atoms with E-state index in [9.17, 15) is 0 Å². The van der Waals surface area contributed by atoms with E-state index in [2.05, 4.69) is 33.2 Å². The number of pyridine rings is 1. The second-order valence-electron chi connectivity index (χ2n) is 4.60. The van der Waals surface area contributed by atoms with Crippen LogP contribution in [0.5, 0.6) is 0 Å². The van der Waals surface area contributed by atoms with Crippen LogP contribution < -0.4 is 5.32 Å². The zero-order valence-corrected chi connectivity index (χ0v) is 11.7. The molecule has 2 unspecified atom stereocenters. The summed E-state index contributed by atoms with van der Waals surface area (Å²) in [7, 11) is 0. The largest absolute Gasteiger partial charge is 0.366 e. The maximum atomic E-state index is 5.86. The van der Waals surface area contributed by atoms with Crippen LogP contribution in [0.3, 0.4) is 0 Å². The van der Waals surface area contributed by atoms with Crippen molar-refractivity contribution in [3.8, 4) is 0 Å². The van der Waals surface area contributed by atoms with Gasteiger partial charge in [-0.1, -0.05) is 31.4 Å². The summed E-state index contributed by atoms with van der Waals surface area (Å²) in [5, 5.41) is 4.15. The summed E-state index contributed by atoms with van der Waals surface area (Å²) < 4.78 is 0.943. The molecule has 2 atom stereocenters. The molecule has 88 valence electrons. The third-order valence-corrected chi connectivity index (χ3v) is 3.90. The van der Waals surface area contributed by atoms with Gasteiger partial charge in [-0.15, -0.1) is 0 Å². The first-order valence-corrected chi connectivity index (χ1v) is 6.90. The minimum atomic E-state index is 0.550. The number of rotatable bonds is 2. The van der Waals surface area contributed by atoms with Gasteiger partial charge < -0.3 is 5.32 Å². The second kappa shape index (κ2) is 5.37. The Labute approximate surface area is 110 Å². The monoisotopic (exact) mass is 302 g/mol. The van der Waals surface area contributed by atoms with Gasteiger partial charge in [0.2, 0.25) is 0 Å². The summed E-state index contributed by atoms with van der Waals surface area (Å²) in [4.78, 5) is 4.31. The van der Waals surface area contributed by atoms with Crippen molar-refractivity contribution in [2.24, 2.45) is 5.92 Å². The Morgan fingerprint density at radius 2 is 2.31 bits per heavy atom. The fraction of sp³-hybridized carbons (Fsp3) is 0.583. The van der Waals surface area contributed by atoms with Crippen LogP contribution in [0, 0.1) is 5.92 Å². The molecule has 0 aliphatic heterocycles. The molecule has 4 heteroatoms. The van der Waals surface area contributed by atoms with Crippen LogP contribution in [-0.4, -0.2) is 11.0 Å². The highest BCUT2D eigenvalue weighted by Gasteiger charge is 2.19. The van der Waals surface area contributed by atoms with Gasteiger partial charge in [0, 0.05) is 12.2 Å². The summed E-state index contributed by atoms with van der Waals surface area (Å²) in [6.07, 6.45) is 6.82. The van der Waals surface area contributed by atoms with Crippen molar-refractivity contribution in [2.75, 3.05) is 5.32 Å². The van der Waals surface area contributed by atoms with E-state index in [0.717, 1.165) is 16.2 Å². The normalized spacial score (nSPS) is 25.4. The predicted octanol–water partition coefficient (Wildman–Crippen LogP) is 4.49. The fourth-order valence-electron chi connectivity index (χ4n) is 2.28. The first-order chi connectivity index (χ1) is 7.65. The number of anilines is 1. The third-order valence-electron chi connectivity index (χ3n) is 3.09. The van der Waals surface area contributed by atoms with Gasteiger partial charge in [0.1, 0.15) is 5.82 Å². The molecule has 0 amide bonds. The number of halogens is 2. The van der Waals surface area contributed by atoms with Gasteiger partial charge in [0.25, 0.3) is 0 Å². The molecular formula is C12H16BrClN2. The summed E-state index contributed by atoms with van der Waals surface area (Å²) in [5.74, 6) is 1.72. The molecule has 0 radical (unpaired) electrons. The zero-order valence-electron chi connectivity index (χ0n) is 9.34. The Morgan fingerprint density at radius 3 is 3.00 bits per heavy atom. The minimum absolute atomic E-state index is 0.550. The molecule has 0 saturated heterocycles. The predicted molar refractivity (Wildman–Crippen MR) is 72.0 cm³/mol. The fourth-order valence-corrected chi connectivity index (χ4v) is 3.03. The van der Waals surface area contributed by atoms with Gasteiger partial charge in [-0.2, -0.15) is 0 Å². The lowest BCUT2D eigenvalue weighted by molar-refractivity contribution is 0.358. The van der Waals surface area contributed by atoms with E-state index in [1.54, 1.807) is 6.20 Å². The maximum absolute atomic E-state index is 5.86. The maximum Gasteiger partial charge on any atom is 0.140 e. The molecule has 1 saturated carbocycles. The van der Waals surface area contributed by atoms with E-state index in [1.165, 1.54) is 25.7 Å². The van der Waals surface area contributed by atoms with E-state index in [1.807, 2.05) is 6.07 Å². The second-order valence-corrected chi connectivity index (χ2v) is 5.89. The number of aromatic nitrogens is 1. The minimum Gasteiger partial charge on any atom is -0.366 e. The van der Waals surface area contributed by atoms with Crippen LogP contribution in [0.4, 0.5) is 5.82 Å². The van der Waals surface area contributed by atoms with Crippen LogP contribution in [-0.2, 0) is 0 Å². The molecule has 1 heterocycles. The lowest BCUT2D eigenvalue weighted by atomic mass is 9.87. The third kappa shape index (κ3) is 3.11. The zero-order chi connectivity index (χ0) is 11.5. The van der Waals surface area contributed by atoms with E-state index in [0.29, 0.717) is 11.1 Å². The number of hydrogen-bond acceptors (Lipinski definition) is 2. The number of nitrogens with zero attached hydrogens (tertiary/aromatic N) is 1. The molecule has 1 aromatic rings. The van der Waals surface area contributed by atoms with E-state index in [-0.39, 0.29) is 0 Å². The van der Waals surface area contributed by atoms with Gasteiger partial charge >= 0.3 is 0 Å². The smallest absolute Gasteiger partial charge is 0.140 e. The quantitative estimate of drug-likeness (QED) is 0.871. The number of nitrogens with one attached hydrogen (secondary N) is 1. The summed E-state index contributed by atoms with van der Waals surface area (Å²) in [6.45, 7) is 2.32. The van der Waals surface area contributed by atoms with Crippen LogP contribution in [0.2, 0.25) is 5.02 Å². The molecule has 1 fully saturated rings. The summed E-state index contributed by atoms with van der Waals surface area (Å²) in [6, 6.07) is 2.43. The average molecular weight is 304 g/mol.